The Balaban J connectivity index is 3.88. The fraction of sp³-hybridized carbons (Fsp3) is 0.889. The van der Waals surface area contributed by atoms with E-state index in [4.69, 9.17) is 0 Å². The van der Waals surface area contributed by atoms with Crippen LogP contribution in [0, 0.1) is 11.3 Å². The van der Waals surface area contributed by atoms with Gasteiger partial charge in [-0.3, -0.25) is 4.79 Å². The minimum Gasteiger partial charge on any atom is -0.355 e. The van der Waals surface area contributed by atoms with Gasteiger partial charge in [0.2, 0.25) is 5.91 Å². The molecule has 3 heteroatoms. The second kappa shape index (κ2) is 4.43. The molecule has 0 spiro atoms. The van der Waals surface area contributed by atoms with Crippen LogP contribution in [-0.2, 0) is 4.79 Å². The molecule has 0 aliphatic heterocycles. The monoisotopic (exact) mass is 175 g/mol. The van der Waals surface area contributed by atoms with Gasteiger partial charge >= 0.3 is 0 Å². The van der Waals surface area contributed by atoms with E-state index in [1.807, 2.05) is 13.8 Å². The molecule has 12 heavy (non-hydrogen) atoms. The molecule has 1 amide bonds. The Labute approximate surface area is 73.5 Å². The van der Waals surface area contributed by atoms with Crippen molar-refractivity contribution in [2.24, 2.45) is 11.3 Å². The van der Waals surface area contributed by atoms with Gasteiger partial charge in [-0.1, -0.05) is 13.8 Å². The second-order valence-electron chi connectivity index (χ2n) is 4.12. The predicted molar refractivity (Wildman–Crippen MR) is 47.6 cm³/mol. The SMILES string of the molecule is CC(C)CNC(=O)C(C)(C)CF. The highest BCUT2D eigenvalue weighted by Crippen LogP contribution is 2.15. The van der Waals surface area contributed by atoms with E-state index in [-0.39, 0.29) is 5.91 Å². The van der Waals surface area contributed by atoms with Crippen LogP contribution in [0.5, 0.6) is 0 Å². The Morgan fingerprint density at radius 1 is 1.50 bits per heavy atom. The summed E-state index contributed by atoms with van der Waals surface area (Å²) in [6, 6.07) is 0. The van der Waals surface area contributed by atoms with Gasteiger partial charge in [0, 0.05) is 6.54 Å². The lowest BCUT2D eigenvalue weighted by Crippen LogP contribution is -2.39. The standard InChI is InChI=1S/C9H18FNO/c1-7(2)5-11-8(12)9(3,4)6-10/h7H,5-6H2,1-4H3,(H,11,12). The third-order valence-corrected chi connectivity index (χ3v) is 1.62. The fourth-order valence-electron chi connectivity index (χ4n) is 0.597. The molecule has 0 bridgehead atoms. The van der Waals surface area contributed by atoms with Crippen LogP contribution in [0.1, 0.15) is 27.7 Å². The number of hydrogen-bond acceptors (Lipinski definition) is 1. The van der Waals surface area contributed by atoms with Gasteiger partial charge in [0.1, 0.15) is 6.67 Å². The third kappa shape index (κ3) is 3.69. The number of carbonyl (C=O) groups is 1. The second-order valence-corrected chi connectivity index (χ2v) is 4.12. The smallest absolute Gasteiger partial charge is 0.228 e. The summed E-state index contributed by atoms with van der Waals surface area (Å²) in [5, 5.41) is 2.69. The average Bonchev–Trinajstić information content (AvgIpc) is 2.00. The normalized spacial score (nSPS) is 11.8. The molecule has 0 fully saturated rings. The van der Waals surface area contributed by atoms with Gasteiger partial charge < -0.3 is 5.32 Å². The Morgan fingerprint density at radius 3 is 2.33 bits per heavy atom. The largest absolute Gasteiger partial charge is 0.355 e. The van der Waals surface area contributed by atoms with Gasteiger partial charge in [-0.25, -0.2) is 4.39 Å². The van der Waals surface area contributed by atoms with E-state index < -0.39 is 12.1 Å². The molecule has 0 aromatic carbocycles. The molecule has 72 valence electrons. The van der Waals surface area contributed by atoms with E-state index in [9.17, 15) is 9.18 Å². The lowest BCUT2D eigenvalue weighted by molar-refractivity contribution is -0.130. The maximum atomic E-state index is 12.3. The lowest BCUT2D eigenvalue weighted by atomic mass is 9.94. The minimum atomic E-state index is -0.880. The van der Waals surface area contributed by atoms with E-state index in [2.05, 4.69) is 5.32 Å². The van der Waals surface area contributed by atoms with Crippen molar-refractivity contribution in [2.75, 3.05) is 13.2 Å². The highest BCUT2D eigenvalue weighted by Gasteiger charge is 2.27. The Morgan fingerprint density at radius 2 is 2.00 bits per heavy atom. The van der Waals surface area contributed by atoms with Crippen molar-refractivity contribution in [1.82, 2.24) is 5.32 Å². The van der Waals surface area contributed by atoms with Crippen molar-refractivity contribution in [1.29, 1.82) is 0 Å². The molecule has 0 aromatic rings. The number of nitrogens with one attached hydrogen (secondary N) is 1. The first-order valence-electron chi connectivity index (χ1n) is 4.24. The van der Waals surface area contributed by atoms with Crippen molar-refractivity contribution < 1.29 is 9.18 Å². The topological polar surface area (TPSA) is 29.1 Å². The quantitative estimate of drug-likeness (QED) is 0.693. The number of hydrogen-bond donors (Lipinski definition) is 1. The number of carbonyl (C=O) groups excluding carboxylic acids is 1. The molecule has 0 atom stereocenters. The molecule has 0 rings (SSSR count). The van der Waals surface area contributed by atoms with Gasteiger partial charge in [0.05, 0.1) is 5.41 Å². The van der Waals surface area contributed by atoms with Crippen LogP contribution in [0.2, 0.25) is 0 Å². The molecule has 0 unspecified atom stereocenters. The van der Waals surface area contributed by atoms with Crippen LogP contribution in [0.4, 0.5) is 4.39 Å². The molecule has 0 aliphatic carbocycles. The minimum absolute atomic E-state index is 0.210. The number of amides is 1. The Hall–Kier alpha value is -0.600. The average molecular weight is 175 g/mol. The summed E-state index contributed by atoms with van der Waals surface area (Å²) in [6.45, 7) is 7.20. The van der Waals surface area contributed by atoms with Gasteiger partial charge in [-0.05, 0) is 19.8 Å². The Kier molecular flexibility index (Phi) is 4.21. The molecular weight excluding hydrogens is 157 g/mol. The van der Waals surface area contributed by atoms with Crippen LogP contribution in [-0.4, -0.2) is 19.1 Å². The summed E-state index contributed by atoms with van der Waals surface area (Å²) >= 11 is 0. The maximum absolute atomic E-state index is 12.3. The van der Waals surface area contributed by atoms with Crippen LogP contribution >= 0.6 is 0 Å². The Bertz CT molecular complexity index is 155. The molecule has 0 radical (unpaired) electrons. The molecule has 0 aliphatic rings. The molecule has 2 nitrogen and oxygen atoms in total. The van der Waals surface area contributed by atoms with Crippen molar-refractivity contribution in [3.8, 4) is 0 Å². The van der Waals surface area contributed by atoms with Gasteiger partial charge in [0.25, 0.3) is 0 Å². The summed E-state index contributed by atoms with van der Waals surface area (Å²) in [6.07, 6.45) is 0. The highest BCUT2D eigenvalue weighted by molar-refractivity contribution is 5.81. The van der Waals surface area contributed by atoms with Crippen molar-refractivity contribution >= 4 is 5.91 Å². The van der Waals surface area contributed by atoms with Gasteiger partial charge in [-0.15, -0.1) is 0 Å². The van der Waals surface area contributed by atoms with E-state index in [1.165, 1.54) is 0 Å². The lowest BCUT2D eigenvalue weighted by Gasteiger charge is -2.20. The van der Waals surface area contributed by atoms with E-state index in [0.717, 1.165) is 0 Å². The van der Waals surface area contributed by atoms with Crippen molar-refractivity contribution in [3.63, 3.8) is 0 Å². The van der Waals surface area contributed by atoms with Gasteiger partial charge in [-0.2, -0.15) is 0 Å². The third-order valence-electron chi connectivity index (χ3n) is 1.62. The predicted octanol–water partition coefficient (Wildman–Crippen LogP) is 1.75. The fourth-order valence-corrected chi connectivity index (χ4v) is 0.597. The first kappa shape index (κ1) is 11.4. The summed E-state index contributed by atoms with van der Waals surface area (Å²) in [5.74, 6) is 0.197. The molecule has 0 saturated carbocycles. The summed E-state index contributed by atoms with van der Waals surface area (Å²) in [4.78, 5) is 11.2. The first-order valence-corrected chi connectivity index (χ1v) is 4.24. The molecule has 0 saturated heterocycles. The summed E-state index contributed by atoms with van der Waals surface area (Å²) in [7, 11) is 0. The first-order chi connectivity index (χ1) is 5.40. The van der Waals surface area contributed by atoms with E-state index >= 15 is 0 Å². The van der Waals surface area contributed by atoms with E-state index in [1.54, 1.807) is 13.8 Å². The zero-order chi connectivity index (χ0) is 9.78. The number of halogens is 1. The van der Waals surface area contributed by atoms with E-state index in [0.29, 0.717) is 12.5 Å². The van der Waals surface area contributed by atoms with Crippen LogP contribution in [0.25, 0.3) is 0 Å². The molecule has 0 aromatic heterocycles. The number of alkyl halides is 1. The van der Waals surface area contributed by atoms with Crippen LogP contribution in [0.15, 0.2) is 0 Å². The van der Waals surface area contributed by atoms with Crippen molar-refractivity contribution in [3.05, 3.63) is 0 Å². The van der Waals surface area contributed by atoms with Crippen LogP contribution in [0.3, 0.4) is 0 Å². The summed E-state index contributed by atoms with van der Waals surface area (Å²) in [5.41, 5.74) is -0.880. The maximum Gasteiger partial charge on any atom is 0.228 e. The molecular formula is C9H18FNO. The molecule has 0 heterocycles. The highest BCUT2D eigenvalue weighted by atomic mass is 19.1. The molecule has 1 N–H and O–H groups in total. The zero-order valence-corrected chi connectivity index (χ0v) is 8.28. The van der Waals surface area contributed by atoms with Crippen molar-refractivity contribution in [2.45, 2.75) is 27.7 Å². The van der Waals surface area contributed by atoms with Gasteiger partial charge in [0.15, 0.2) is 0 Å². The number of rotatable bonds is 4. The van der Waals surface area contributed by atoms with Crippen LogP contribution < -0.4 is 5.32 Å². The zero-order valence-electron chi connectivity index (χ0n) is 8.28. The summed E-state index contributed by atoms with van der Waals surface area (Å²) < 4.78 is 12.3.